The van der Waals surface area contributed by atoms with Crippen LogP contribution in [0.4, 0.5) is 5.82 Å². The van der Waals surface area contributed by atoms with E-state index in [2.05, 4.69) is 53.2 Å². The fourth-order valence-corrected chi connectivity index (χ4v) is 7.52. The summed E-state index contributed by atoms with van der Waals surface area (Å²) in [7, 11) is 0. The van der Waals surface area contributed by atoms with Crippen molar-refractivity contribution in [3.63, 3.8) is 0 Å². The first-order valence-electron chi connectivity index (χ1n) is 13.8. The maximum Gasteiger partial charge on any atom is 0.253 e. The Morgan fingerprint density at radius 3 is 2.84 bits per heavy atom. The van der Waals surface area contributed by atoms with E-state index >= 15 is 0 Å². The van der Waals surface area contributed by atoms with Gasteiger partial charge < -0.3 is 15.0 Å². The smallest absolute Gasteiger partial charge is 0.253 e. The first kappa shape index (κ1) is 24.2. The number of rotatable bonds is 5. The van der Waals surface area contributed by atoms with E-state index in [-0.39, 0.29) is 0 Å². The standard InChI is InChI=1S/C29H35N7OS/c1-19-4-3-5-21(16-19)24-8-11-36(33-24)29-31-26-20(2)25(18-34-10-7-23-22(17-34)6-9-30-23)38-27(26)28(32-29)35-12-14-37-15-13-35/h3-5,8,11,16,22-23,30H,6-7,9-10,12-15,17-18H2,1-2H3. The summed E-state index contributed by atoms with van der Waals surface area (Å²) in [6, 6.07) is 11.2. The number of nitrogens with zero attached hydrogens (tertiary/aromatic N) is 6. The van der Waals surface area contributed by atoms with E-state index < -0.39 is 0 Å². The van der Waals surface area contributed by atoms with Crippen molar-refractivity contribution >= 4 is 27.4 Å². The number of hydrogen-bond acceptors (Lipinski definition) is 8. The van der Waals surface area contributed by atoms with E-state index in [1.54, 1.807) is 0 Å². The molecule has 0 radical (unpaired) electrons. The lowest BCUT2D eigenvalue weighted by atomic mass is 9.93. The van der Waals surface area contributed by atoms with E-state index in [0.717, 1.165) is 73.9 Å². The maximum absolute atomic E-state index is 5.66. The van der Waals surface area contributed by atoms with Gasteiger partial charge >= 0.3 is 0 Å². The molecule has 8 nitrogen and oxygen atoms in total. The number of ether oxygens (including phenoxy) is 1. The molecule has 3 saturated heterocycles. The summed E-state index contributed by atoms with van der Waals surface area (Å²) in [5, 5.41) is 8.57. The Morgan fingerprint density at radius 1 is 1.08 bits per heavy atom. The molecule has 0 spiro atoms. The largest absolute Gasteiger partial charge is 0.378 e. The third-order valence-electron chi connectivity index (χ3n) is 8.36. The van der Waals surface area contributed by atoms with E-state index in [1.807, 2.05) is 28.3 Å². The Balaban J connectivity index is 1.26. The molecule has 3 aliphatic heterocycles. The van der Waals surface area contributed by atoms with Gasteiger partial charge in [-0.25, -0.2) is 9.67 Å². The maximum atomic E-state index is 5.66. The van der Waals surface area contributed by atoms with Gasteiger partial charge in [0.25, 0.3) is 5.95 Å². The summed E-state index contributed by atoms with van der Waals surface area (Å²) >= 11 is 1.88. The molecule has 1 N–H and O–H groups in total. The van der Waals surface area contributed by atoms with Crippen LogP contribution in [-0.2, 0) is 11.3 Å². The van der Waals surface area contributed by atoms with E-state index in [4.69, 9.17) is 19.8 Å². The molecule has 38 heavy (non-hydrogen) atoms. The molecule has 198 valence electrons. The summed E-state index contributed by atoms with van der Waals surface area (Å²) < 4.78 is 8.68. The lowest BCUT2D eigenvalue weighted by Gasteiger charge is -2.34. The highest BCUT2D eigenvalue weighted by molar-refractivity contribution is 7.19. The van der Waals surface area contributed by atoms with Gasteiger partial charge in [-0.05, 0) is 56.8 Å². The molecule has 0 amide bonds. The summed E-state index contributed by atoms with van der Waals surface area (Å²) in [5.74, 6) is 2.43. The SMILES string of the molecule is Cc1cccc(-c2ccn(-c3nc(N4CCOCC4)c4sc(CN5CCC6NCCC6C5)c(C)c4n3)n2)c1. The zero-order valence-electron chi connectivity index (χ0n) is 22.2. The molecular formula is C29H35N7OS. The molecule has 3 aromatic heterocycles. The molecule has 7 rings (SSSR count). The highest BCUT2D eigenvalue weighted by atomic mass is 32.1. The monoisotopic (exact) mass is 529 g/mol. The van der Waals surface area contributed by atoms with Crippen LogP contribution in [0.2, 0.25) is 0 Å². The molecule has 3 fully saturated rings. The second-order valence-corrected chi connectivity index (χ2v) is 12.0. The van der Waals surface area contributed by atoms with Gasteiger partial charge in [-0.15, -0.1) is 11.3 Å². The Bertz CT molecular complexity index is 1460. The first-order valence-corrected chi connectivity index (χ1v) is 14.7. The van der Waals surface area contributed by atoms with E-state index in [0.29, 0.717) is 5.95 Å². The Kier molecular flexibility index (Phi) is 6.39. The summed E-state index contributed by atoms with van der Waals surface area (Å²) in [5.41, 5.74) is 5.59. The van der Waals surface area contributed by atoms with Crippen molar-refractivity contribution in [3.05, 3.63) is 52.5 Å². The highest BCUT2D eigenvalue weighted by Gasteiger charge is 2.33. The molecular weight excluding hydrogens is 494 g/mol. The van der Waals surface area contributed by atoms with Crippen molar-refractivity contribution in [2.45, 2.75) is 39.3 Å². The van der Waals surface area contributed by atoms with Gasteiger partial charge in [-0.1, -0.05) is 23.8 Å². The minimum Gasteiger partial charge on any atom is -0.378 e. The van der Waals surface area contributed by atoms with Crippen molar-refractivity contribution in [1.29, 1.82) is 0 Å². The lowest BCUT2D eigenvalue weighted by Crippen LogP contribution is -2.43. The van der Waals surface area contributed by atoms with Crippen LogP contribution in [0.1, 0.15) is 28.8 Å². The number of thiophene rings is 1. The van der Waals surface area contributed by atoms with E-state index in [9.17, 15) is 0 Å². The summed E-state index contributed by atoms with van der Waals surface area (Å²) in [6.07, 6.45) is 4.53. The molecule has 0 saturated carbocycles. The molecule has 2 atom stereocenters. The van der Waals surface area contributed by atoms with Gasteiger partial charge in [0, 0.05) is 55.4 Å². The molecule has 9 heteroatoms. The summed E-state index contributed by atoms with van der Waals surface area (Å²) in [6.45, 7) is 12.0. The Morgan fingerprint density at radius 2 is 1.97 bits per heavy atom. The number of hydrogen-bond donors (Lipinski definition) is 1. The first-order chi connectivity index (χ1) is 18.6. The van der Waals surface area contributed by atoms with Crippen LogP contribution in [0.5, 0.6) is 0 Å². The average molecular weight is 530 g/mol. The molecule has 4 aromatic rings. The number of nitrogens with one attached hydrogen (secondary N) is 1. The van der Waals surface area contributed by atoms with Crippen LogP contribution in [0.25, 0.3) is 27.4 Å². The molecule has 3 aliphatic rings. The van der Waals surface area contributed by atoms with Crippen LogP contribution < -0.4 is 10.2 Å². The van der Waals surface area contributed by atoms with Crippen LogP contribution in [0, 0.1) is 19.8 Å². The lowest BCUT2D eigenvalue weighted by molar-refractivity contribution is 0.122. The van der Waals surface area contributed by atoms with Crippen LogP contribution in [-0.4, -0.2) is 76.6 Å². The number of aromatic nitrogens is 4. The van der Waals surface area contributed by atoms with Crippen molar-refractivity contribution in [2.24, 2.45) is 5.92 Å². The van der Waals surface area contributed by atoms with Gasteiger partial charge in [-0.3, -0.25) is 4.90 Å². The van der Waals surface area contributed by atoms with E-state index in [1.165, 1.54) is 46.6 Å². The highest BCUT2D eigenvalue weighted by Crippen LogP contribution is 2.38. The van der Waals surface area contributed by atoms with Crippen molar-refractivity contribution in [3.8, 4) is 17.2 Å². The predicted octanol–water partition coefficient (Wildman–Crippen LogP) is 4.18. The fourth-order valence-electron chi connectivity index (χ4n) is 6.21. The summed E-state index contributed by atoms with van der Waals surface area (Å²) in [4.78, 5) is 16.6. The minimum atomic E-state index is 0.628. The normalized spacial score (nSPS) is 22.3. The van der Waals surface area contributed by atoms with Gasteiger partial charge in [-0.2, -0.15) is 10.1 Å². The van der Waals surface area contributed by atoms with Crippen molar-refractivity contribution < 1.29 is 4.74 Å². The number of benzene rings is 1. The molecule has 1 aromatic carbocycles. The van der Waals surface area contributed by atoms with Crippen LogP contribution in [0.3, 0.4) is 0 Å². The van der Waals surface area contributed by atoms with Gasteiger partial charge in [0.15, 0.2) is 5.82 Å². The quantitative estimate of drug-likeness (QED) is 0.416. The fraction of sp³-hybridized carbons (Fsp3) is 0.483. The zero-order chi connectivity index (χ0) is 25.6. The Hall–Kier alpha value is -2.85. The number of anilines is 1. The molecule has 6 heterocycles. The number of likely N-dealkylation sites (tertiary alicyclic amines) is 1. The second-order valence-electron chi connectivity index (χ2n) is 10.9. The number of fused-ring (bicyclic) bond motifs is 2. The van der Waals surface area contributed by atoms with Crippen LogP contribution in [0.15, 0.2) is 36.5 Å². The third-order valence-corrected chi connectivity index (χ3v) is 9.62. The molecule has 2 unspecified atom stereocenters. The van der Waals surface area contributed by atoms with Crippen molar-refractivity contribution in [2.75, 3.05) is 50.8 Å². The van der Waals surface area contributed by atoms with Gasteiger partial charge in [0.05, 0.1) is 29.1 Å². The van der Waals surface area contributed by atoms with Gasteiger partial charge in [0.2, 0.25) is 0 Å². The van der Waals surface area contributed by atoms with Gasteiger partial charge in [0.1, 0.15) is 0 Å². The van der Waals surface area contributed by atoms with Crippen LogP contribution >= 0.6 is 11.3 Å². The van der Waals surface area contributed by atoms with Crippen molar-refractivity contribution in [1.82, 2.24) is 30.0 Å². The third kappa shape index (κ3) is 4.51. The zero-order valence-corrected chi connectivity index (χ0v) is 23.0. The number of piperidine rings is 1. The predicted molar refractivity (Wildman–Crippen MR) is 152 cm³/mol. The average Bonchev–Trinajstić information content (AvgIpc) is 3.68. The minimum absolute atomic E-state index is 0.628. The Labute approximate surface area is 227 Å². The molecule has 0 bridgehead atoms. The molecule has 0 aliphatic carbocycles. The number of aryl methyl sites for hydroxylation is 2. The number of morpholine rings is 1. The topological polar surface area (TPSA) is 71.3 Å². The second kappa shape index (κ2) is 10.0.